The molecule has 0 aromatic heterocycles. The zero-order valence-electron chi connectivity index (χ0n) is 12.9. The second kappa shape index (κ2) is 6.78. The van der Waals surface area contributed by atoms with Gasteiger partial charge < -0.3 is 5.11 Å². The molecule has 0 heterocycles. The van der Waals surface area contributed by atoms with Crippen LogP contribution in [0.2, 0.25) is 0 Å². The van der Waals surface area contributed by atoms with Crippen molar-refractivity contribution in [1.29, 1.82) is 0 Å². The number of carbonyl (C=O) groups is 2. The van der Waals surface area contributed by atoms with Crippen molar-refractivity contribution in [2.75, 3.05) is 0 Å². The third-order valence-corrected chi connectivity index (χ3v) is 4.90. The molecule has 0 aliphatic heterocycles. The van der Waals surface area contributed by atoms with Crippen LogP contribution in [0, 0.1) is 0 Å². The molecule has 2 aromatic rings. The molecule has 2 aromatic carbocycles. The highest BCUT2D eigenvalue weighted by atomic mass is 16.4. The van der Waals surface area contributed by atoms with Gasteiger partial charge in [0.1, 0.15) is 6.29 Å². The molecule has 1 N–H and O–H groups in total. The maximum Gasteiger partial charge on any atom is 0.335 e. The van der Waals surface area contributed by atoms with E-state index in [1.165, 1.54) is 11.1 Å². The van der Waals surface area contributed by atoms with E-state index in [1.54, 1.807) is 12.1 Å². The van der Waals surface area contributed by atoms with Crippen molar-refractivity contribution in [1.82, 2.24) is 0 Å². The van der Waals surface area contributed by atoms with Crippen LogP contribution in [-0.4, -0.2) is 17.4 Å². The number of carboxylic acid groups (broad SMARTS) is 1. The van der Waals surface area contributed by atoms with Crippen LogP contribution in [0.5, 0.6) is 0 Å². The van der Waals surface area contributed by atoms with Gasteiger partial charge in [-0.1, -0.05) is 36.4 Å². The van der Waals surface area contributed by atoms with Gasteiger partial charge in [0.25, 0.3) is 0 Å². The lowest BCUT2D eigenvalue weighted by Crippen LogP contribution is -2.12. The molecular weight excluding hydrogens is 288 g/mol. The molecule has 1 fully saturated rings. The van der Waals surface area contributed by atoms with E-state index < -0.39 is 5.97 Å². The van der Waals surface area contributed by atoms with Crippen molar-refractivity contribution >= 4 is 12.3 Å². The van der Waals surface area contributed by atoms with Crippen molar-refractivity contribution in [3.63, 3.8) is 0 Å². The zero-order valence-corrected chi connectivity index (χ0v) is 12.9. The van der Waals surface area contributed by atoms with Gasteiger partial charge in [-0.2, -0.15) is 0 Å². The first-order valence-corrected chi connectivity index (χ1v) is 8.06. The summed E-state index contributed by atoms with van der Waals surface area (Å²) in [6.45, 7) is 0. The summed E-state index contributed by atoms with van der Waals surface area (Å²) < 4.78 is 0. The summed E-state index contributed by atoms with van der Waals surface area (Å²) in [6.07, 6.45) is 5.37. The van der Waals surface area contributed by atoms with Crippen LogP contribution < -0.4 is 0 Å². The lowest BCUT2D eigenvalue weighted by molar-refractivity contribution is 0.0696. The number of hydrogen-bond acceptors (Lipinski definition) is 2. The average Bonchev–Trinajstić information content (AvgIpc) is 2.62. The Balaban J connectivity index is 1.63. The van der Waals surface area contributed by atoms with Crippen LogP contribution in [-0.2, 0) is 0 Å². The van der Waals surface area contributed by atoms with Crippen molar-refractivity contribution in [3.05, 3.63) is 70.8 Å². The first kappa shape index (κ1) is 15.5. The van der Waals surface area contributed by atoms with Crippen molar-refractivity contribution in [3.8, 4) is 0 Å². The monoisotopic (exact) mass is 308 g/mol. The fourth-order valence-electron chi connectivity index (χ4n) is 3.50. The van der Waals surface area contributed by atoms with Gasteiger partial charge in [-0.25, -0.2) is 4.79 Å². The SMILES string of the molecule is O=Cc1ccc(C2CCC(c3ccc(C(=O)O)cc3)CC2)cc1. The number of carbonyl (C=O) groups excluding carboxylic acids is 1. The smallest absolute Gasteiger partial charge is 0.335 e. The Morgan fingerprint density at radius 2 is 1.26 bits per heavy atom. The Morgan fingerprint density at radius 1 is 0.826 bits per heavy atom. The van der Waals surface area contributed by atoms with E-state index in [2.05, 4.69) is 12.1 Å². The molecule has 0 atom stereocenters. The van der Waals surface area contributed by atoms with Crippen molar-refractivity contribution < 1.29 is 14.7 Å². The fourth-order valence-corrected chi connectivity index (χ4v) is 3.50. The maximum atomic E-state index is 10.9. The van der Waals surface area contributed by atoms with E-state index in [0.29, 0.717) is 17.4 Å². The minimum absolute atomic E-state index is 0.345. The van der Waals surface area contributed by atoms with Gasteiger partial charge in [0.05, 0.1) is 5.56 Å². The molecule has 23 heavy (non-hydrogen) atoms. The molecule has 1 saturated carbocycles. The summed E-state index contributed by atoms with van der Waals surface area (Å²) >= 11 is 0. The van der Waals surface area contributed by atoms with E-state index >= 15 is 0 Å². The van der Waals surface area contributed by atoms with E-state index in [4.69, 9.17) is 5.11 Å². The fraction of sp³-hybridized carbons (Fsp3) is 0.300. The van der Waals surface area contributed by atoms with Crippen LogP contribution in [0.15, 0.2) is 48.5 Å². The van der Waals surface area contributed by atoms with Gasteiger partial charge in [-0.15, -0.1) is 0 Å². The van der Waals surface area contributed by atoms with Crippen LogP contribution in [0.4, 0.5) is 0 Å². The topological polar surface area (TPSA) is 54.4 Å². The minimum Gasteiger partial charge on any atom is -0.478 e. The molecule has 1 aliphatic carbocycles. The Labute approximate surface area is 136 Å². The molecule has 0 radical (unpaired) electrons. The number of aldehydes is 1. The largest absolute Gasteiger partial charge is 0.478 e. The van der Waals surface area contributed by atoms with E-state index in [1.807, 2.05) is 24.3 Å². The van der Waals surface area contributed by atoms with Crippen LogP contribution in [0.25, 0.3) is 0 Å². The highest BCUT2D eigenvalue weighted by Gasteiger charge is 2.23. The molecule has 3 heteroatoms. The number of rotatable bonds is 4. The predicted molar refractivity (Wildman–Crippen MR) is 89.2 cm³/mol. The summed E-state index contributed by atoms with van der Waals surface area (Å²) in [7, 11) is 0. The first-order chi connectivity index (χ1) is 11.2. The highest BCUT2D eigenvalue weighted by molar-refractivity contribution is 5.87. The molecule has 3 nitrogen and oxygen atoms in total. The summed E-state index contributed by atoms with van der Waals surface area (Å²) in [5, 5.41) is 8.96. The molecule has 1 aliphatic rings. The lowest BCUT2D eigenvalue weighted by atomic mass is 9.76. The van der Waals surface area contributed by atoms with Gasteiger partial charge in [-0.3, -0.25) is 4.79 Å². The normalized spacial score (nSPS) is 20.9. The standard InChI is InChI=1S/C20H20O3/c21-13-14-1-3-15(4-2-14)16-5-7-17(8-6-16)18-9-11-19(12-10-18)20(22)23/h1-4,9-13,16-17H,5-8H2,(H,22,23). The van der Waals surface area contributed by atoms with Gasteiger partial charge in [0, 0.05) is 5.56 Å². The zero-order chi connectivity index (χ0) is 16.2. The number of carboxylic acids is 1. The number of benzene rings is 2. The highest BCUT2D eigenvalue weighted by Crippen LogP contribution is 2.40. The average molecular weight is 308 g/mol. The number of aromatic carboxylic acids is 1. The molecule has 118 valence electrons. The lowest BCUT2D eigenvalue weighted by Gasteiger charge is -2.29. The molecular formula is C20H20O3. The molecule has 0 saturated heterocycles. The maximum absolute atomic E-state index is 10.9. The molecule has 0 amide bonds. The Kier molecular flexibility index (Phi) is 4.56. The van der Waals surface area contributed by atoms with Crippen molar-refractivity contribution in [2.24, 2.45) is 0 Å². The first-order valence-electron chi connectivity index (χ1n) is 8.06. The van der Waals surface area contributed by atoms with Crippen LogP contribution in [0.1, 0.15) is 69.4 Å². The minimum atomic E-state index is -0.876. The van der Waals surface area contributed by atoms with Gasteiger partial charge in [0.2, 0.25) is 0 Å². The quantitative estimate of drug-likeness (QED) is 0.837. The van der Waals surface area contributed by atoms with E-state index in [0.717, 1.165) is 37.5 Å². The predicted octanol–water partition coefficient (Wildman–Crippen LogP) is 4.64. The summed E-state index contributed by atoms with van der Waals surface area (Å²) in [5.74, 6) is 0.201. The van der Waals surface area contributed by atoms with E-state index in [-0.39, 0.29) is 0 Å². The summed E-state index contributed by atoms with van der Waals surface area (Å²) in [5.41, 5.74) is 3.62. The summed E-state index contributed by atoms with van der Waals surface area (Å²) in [4.78, 5) is 21.6. The van der Waals surface area contributed by atoms with Gasteiger partial charge in [-0.05, 0) is 60.8 Å². The number of hydrogen-bond donors (Lipinski definition) is 1. The molecule has 3 rings (SSSR count). The molecule has 0 unspecified atom stereocenters. The third-order valence-electron chi connectivity index (χ3n) is 4.90. The second-order valence-corrected chi connectivity index (χ2v) is 6.26. The Morgan fingerprint density at radius 3 is 1.65 bits per heavy atom. The second-order valence-electron chi connectivity index (χ2n) is 6.26. The molecule has 0 bridgehead atoms. The van der Waals surface area contributed by atoms with E-state index in [9.17, 15) is 9.59 Å². The Hall–Kier alpha value is -2.42. The Bertz CT molecular complexity index is 678. The summed E-state index contributed by atoms with van der Waals surface area (Å²) in [6, 6.07) is 15.2. The van der Waals surface area contributed by atoms with Crippen LogP contribution >= 0.6 is 0 Å². The third kappa shape index (κ3) is 3.50. The van der Waals surface area contributed by atoms with Gasteiger partial charge >= 0.3 is 5.97 Å². The van der Waals surface area contributed by atoms with Crippen LogP contribution in [0.3, 0.4) is 0 Å². The molecule has 0 spiro atoms. The van der Waals surface area contributed by atoms with Crippen molar-refractivity contribution in [2.45, 2.75) is 37.5 Å². The van der Waals surface area contributed by atoms with Gasteiger partial charge in [0.15, 0.2) is 0 Å².